The van der Waals surface area contributed by atoms with Crippen LogP contribution >= 0.6 is 0 Å². The van der Waals surface area contributed by atoms with E-state index < -0.39 is 11.9 Å². The third kappa shape index (κ3) is 2.19. The molecule has 0 amide bonds. The van der Waals surface area contributed by atoms with Gasteiger partial charge in [-0.3, -0.25) is 4.79 Å². The molecule has 1 aromatic rings. The van der Waals surface area contributed by atoms with Crippen LogP contribution in [0.4, 0.5) is 0 Å². The van der Waals surface area contributed by atoms with Crippen molar-refractivity contribution < 1.29 is 14.6 Å². The Morgan fingerprint density at radius 1 is 1.62 bits per heavy atom. The predicted molar refractivity (Wildman–Crippen MR) is 55.9 cm³/mol. The van der Waals surface area contributed by atoms with Crippen LogP contribution in [0.5, 0.6) is 0 Å². The fourth-order valence-electron chi connectivity index (χ4n) is 1.77. The molecule has 0 fully saturated rings. The van der Waals surface area contributed by atoms with E-state index in [-0.39, 0.29) is 0 Å². The van der Waals surface area contributed by atoms with Crippen LogP contribution in [-0.4, -0.2) is 27.7 Å². The number of fused-ring (bicyclic) bond motifs is 1. The molecule has 16 heavy (non-hydrogen) atoms. The molecule has 1 aliphatic heterocycles. The summed E-state index contributed by atoms with van der Waals surface area (Å²) in [4.78, 5) is 19.2. The Kier molecular flexibility index (Phi) is 3.14. The number of carbonyl (C=O) groups is 1. The molecule has 0 bridgehead atoms. The van der Waals surface area contributed by atoms with Crippen molar-refractivity contribution in [3.63, 3.8) is 0 Å². The van der Waals surface area contributed by atoms with Gasteiger partial charge in [0.25, 0.3) is 0 Å². The molecule has 1 aromatic heterocycles. The maximum absolute atomic E-state index is 10.8. The number of hydrogen-bond donors (Lipinski definition) is 1. The van der Waals surface area contributed by atoms with Crippen LogP contribution in [0.25, 0.3) is 0 Å². The Balaban J connectivity index is 2.24. The van der Waals surface area contributed by atoms with E-state index in [0.717, 1.165) is 23.4 Å². The number of ether oxygens (including phenoxy) is 1. The number of carboxylic acids is 1. The molecule has 86 valence electrons. The Hall–Kier alpha value is -1.49. The lowest BCUT2D eigenvalue weighted by molar-refractivity contribution is -0.141. The van der Waals surface area contributed by atoms with Crippen molar-refractivity contribution in [2.75, 3.05) is 6.61 Å². The molecule has 0 saturated carbocycles. The summed E-state index contributed by atoms with van der Waals surface area (Å²) in [7, 11) is 0. The quantitative estimate of drug-likeness (QED) is 0.819. The minimum absolute atomic E-state index is 0.430. The summed E-state index contributed by atoms with van der Waals surface area (Å²) in [6.07, 6.45) is 2.73. The van der Waals surface area contributed by atoms with E-state index in [4.69, 9.17) is 9.84 Å². The number of aliphatic carboxylic acids is 1. The zero-order chi connectivity index (χ0) is 11.5. The molecule has 0 aliphatic carbocycles. The maximum Gasteiger partial charge on any atom is 0.306 e. The highest BCUT2D eigenvalue weighted by Gasteiger charge is 2.19. The van der Waals surface area contributed by atoms with E-state index in [1.807, 2.05) is 0 Å². The average Bonchev–Trinajstić information content (AvgIpc) is 2.29. The van der Waals surface area contributed by atoms with Gasteiger partial charge in [0.15, 0.2) is 0 Å². The van der Waals surface area contributed by atoms with E-state index in [1.54, 1.807) is 6.92 Å². The van der Waals surface area contributed by atoms with E-state index in [0.29, 0.717) is 19.6 Å². The number of rotatable bonds is 3. The van der Waals surface area contributed by atoms with Crippen LogP contribution < -0.4 is 0 Å². The highest BCUT2D eigenvalue weighted by molar-refractivity contribution is 5.69. The van der Waals surface area contributed by atoms with Gasteiger partial charge < -0.3 is 9.84 Å². The Morgan fingerprint density at radius 2 is 2.44 bits per heavy atom. The molecule has 1 unspecified atom stereocenters. The maximum atomic E-state index is 10.8. The summed E-state index contributed by atoms with van der Waals surface area (Å²) < 4.78 is 5.35. The van der Waals surface area contributed by atoms with Gasteiger partial charge in [0.2, 0.25) is 0 Å². The van der Waals surface area contributed by atoms with Gasteiger partial charge in [0, 0.05) is 18.4 Å². The number of aromatic nitrogens is 2. The van der Waals surface area contributed by atoms with Gasteiger partial charge >= 0.3 is 5.97 Å². The van der Waals surface area contributed by atoms with Crippen LogP contribution in [0.1, 0.15) is 23.9 Å². The third-order valence-electron chi connectivity index (χ3n) is 2.77. The fourth-order valence-corrected chi connectivity index (χ4v) is 1.77. The van der Waals surface area contributed by atoms with Gasteiger partial charge in [-0.25, -0.2) is 9.97 Å². The lowest BCUT2D eigenvalue weighted by Gasteiger charge is -2.18. The lowest BCUT2D eigenvalue weighted by Crippen LogP contribution is -2.19. The highest BCUT2D eigenvalue weighted by atomic mass is 16.5. The number of nitrogens with zero attached hydrogens (tertiary/aromatic N) is 2. The van der Waals surface area contributed by atoms with Crippen LogP contribution in [0, 0.1) is 5.92 Å². The molecular formula is C11H14N2O3. The molecular weight excluding hydrogens is 208 g/mol. The Morgan fingerprint density at radius 3 is 3.19 bits per heavy atom. The van der Waals surface area contributed by atoms with Gasteiger partial charge in [0.05, 0.1) is 30.5 Å². The van der Waals surface area contributed by atoms with Gasteiger partial charge in [-0.15, -0.1) is 0 Å². The van der Waals surface area contributed by atoms with E-state index in [9.17, 15) is 4.79 Å². The zero-order valence-electron chi connectivity index (χ0n) is 9.14. The van der Waals surface area contributed by atoms with Crippen molar-refractivity contribution in [2.45, 2.75) is 26.4 Å². The van der Waals surface area contributed by atoms with Gasteiger partial charge in [-0.2, -0.15) is 0 Å². The van der Waals surface area contributed by atoms with E-state index >= 15 is 0 Å². The van der Waals surface area contributed by atoms with Crippen molar-refractivity contribution >= 4 is 5.97 Å². The molecule has 0 spiro atoms. The Labute approximate surface area is 93.5 Å². The molecule has 2 heterocycles. The minimum Gasteiger partial charge on any atom is -0.481 e. The van der Waals surface area contributed by atoms with Crippen molar-refractivity contribution in [1.82, 2.24) is 9.97 Å². The summed E-state index contributed by atoms with van der Waals surface area (Å²) in [6, 6.07) is 0. The zero-order valence-corrected chi connectivity index (χ0v) is 9.14. The van der Waals surface area contributed by atoms with Crippen LogP contribution in [0.2, 0.25) is 0 Å². The molecule has 2 rings (SSSR count). The molecule has 5 heteroatoms. The van der Waals surface area contributed by atoms with E-state index in [1.165, 1.54) is 6.33 Å². The number of carboxylic acid groups (broad SMARTS) is 1. The van der Waals surface area contributed by atoms with Gasteiger partial charge in [-0.05, 0) is 0 Å². The van der Waals surface area contributed by atoms with Crippen molar-refractivity contribution in [3.05, 3.63) is 23.3 Å². The summed E-state index contributed by atoms with van der Waals surface area (Å²) in [5.41, 5.74) is 2.77. The monoisotopic (exact) mass is 222 g/mol. The molecule has 0 saturated heterocycles. The normalized spacial score (nSPS) is 16.6. The van der Waals surface area contributed by atoms with Crippen molar-refractivity contribution in [3.8, 4) is 0 Å². The van der Waals surface area contributed by atoms with Crippen molar-refractivity contribution in [2.24, 2.45) is 5.92 Å². The highest BCUT2D eigenvalue weighted by Crippen LogP contribution is 2.19. The molecule has 1 atom stereocenters. The average molecular weight is 222 g/mol. The first-order valence-corrected chi connectivity index (χ1v) is 5.30. The molecule has 1 aliphatic rings. The number of hydrogen-bond acceptors (Lipinski definition) is 4. The third-order valence-corrected chi connectivity index (χ3v) is 2.77. The van der Waals surface area contributed by atoms with Gasteiger partial charge in [0.1, 0.15) is 6.33 Å². The van der Waals surface area contributed by atoms with Crippen LogP contribution in [0.15, 0.2) is 6.33 Å². The first kappa shape index (κ1) is 11.0. The molecule has 0 radical (unpaired) electrons. The summed E-state index contributed by atoms with van der Waals surface area (Å²) in [5, 5.41) is 8.87. The SMILES string of the molecule is CC(Cc1ncnc2c1COCC2)C(=O)O. The van der Waals surface area contributed by atoms with Crippen molar-refractivity contribution in [1.29, 1.82) is 0 Å². The minimum atomic E-state index is -0.802. The summed E-state index contributed by atoms with van der Waals surface area (Å²) in [6.45, 7) is 2.86. The summed E-state index contributed by atoms with van der Waals surface area (Å²) in [5.74, 6) is -1.23. The van der Waals surface area contributed by atoms with E-state index in [2.05, 4.69) is 9.97 Å². The Bertz CT molecular complexity index is 406. The molecule has 1 N–H and O–H groups in total. The van der Waals surface area contributed by atoms with Crippen LogP contribution in [-0.2, 0) is 29.0 Å². The second kappa shape index (κ2) is 4.57. The largest absolute Gasteiger partial charge is 0.481 e. The molecule has 0 aromatic carbocycles. The second-order valence-electron chi connectivity index (χ2n) is 3.99. The van der Waals surface area contributed by atoms with Crippen LogP contribution in [0.3, 0.4) is 0 Å². The second-order valence-corrected chi connectivity index (χ2v) is 3.99. The topological polar surface area (TPSA) is 72.3 Å². The first-order chi connectivity index (χ1) is 7.68. The standard InChI is InChI=1S/C11H14N2O3/c1-7(11(14)15)4-10-8-5-16-3-2-9(8)12-6-13-10/h6-7H,2-5H2,1H3,(H,14,15). The first-order valence-electron chi connectivity index (χ1n) is 5.30. The lowest BCUT2D eigenvalue weighted by atomic mass is 9.99. The smallest absolute Gasteiger partial charge is 0.306 e. The van der Waals surface area contributed by atoms with Gasteiger partial charge in [-0.1, -0.05) is 6.92 Å². The predicted octanol–water partition coefficient (Wildman–Crippen LogP) is 0.813. The summed E-state index contributed by atoms with van der Waals surface area (Å²) >= 11 is 0. The molecule has 5 nitrogen and oxygen atoms in total. The fraction of sp³-hybridized carbons (Fsp3) is 0.545.